The van der Waals surface area contributed by atoms with Gasteiger partial charge in [-0.2, -0.15) is 0 Å². The Labute approximate surface area is 109 Å². The Kier molecular flexibility index (Phi) is 8.08. The van der Waals surface area contributed by atoms with E-state index in [2.05, 4.69) is 0 Å². The minimum Gasteiger partial charge on any atom is -0.460 e. The third-order valence-corrected chi connectivity index (χ3v) is 2.13. The molecule has 0 aliphatic rings. The van der Waals surface area contributed by atoms with Crippen LogP contribution in [0.15, 0.2) is 11.6 Å². The fraction of sp³-hybridized carbons (Fsp3) is 0.714. The Morgan fingerprint density at radius 3 is 2.22 bits per heavy atom. The average Bonchev–Trinajstić information content (AvgIpc) is 2.27. The molecule has 0 radical (unpaired) electrons. The van der Waals surface area contributed by atoms with Crippen LogP contribution in [0, 0.1) is 5.92 Å². The highest BCUT2D eigenvalue weighted by Gasteiger charge is 2.16. The summed E-state index contributed by atoms with van der Waals surface area (Å²) >= 11 is 0. The van der Waals surface area contributed by atoms with Gasteiger partial charge in [0.2, 0.25) is 0 Å². The van der Waals surface area contributed by atoms with Gasteiger partial charge in [0.15, 0.2) is 0 Å². The van der Waals surface area contributed by atoms with Crippen molar-refractivity contribution in [2.24, 2.45) is 5.92 Å². The second-order valence-corrected chi connectivity index (χ2v) is 4.73. The topological polar surface area (TPSA) is 52.6 Å². The molecule has 0 amide bonds. The first kappa shape index (κ1) is 16.7. The van der Waals surface area contributed by atoms with E-state index in [4.69, 9.17) is 9.47 Å². The van der Waals surface area contributed by atoms with Crippen molar-refractivity contribution in [2.75, 3.05) is 6.61 Å². The van der Waals surface area contributed by atoms with Crippen LogP contribution in [0.1, 0.15) is 47.5 Å². The van der Waals surface area contributed by atoms with Gasteiger partial charge in [-0.3, -0.25) is 4.79 Å². The van der Waals surface area contributed by atoms with E-state index in [1.165, 1.54) is 0 Å². The first-order valence-electron chi connectivity index (χ1n) is 6.45. The van der Waals surface area contributed by atoms with Gasteiger partial charge in [-0.05, 0) is 20.3 Å². The molecule has 0 atom stereocenters. The van der Waals surface area contributed by atoms with Crippen LogP contribution >= 0.6 is 0 Å². The number of hydrogen-bond donors (Lipinski definition) is 0. The Balaban J connectivity index is 4.50. The van der Waals surface area contributed by atoms with Gasteiger partial charge in [0.05, 0.1) is 17.6 Å². The lowest BCUT2D eigenvalue weighted by atomic mass is 10.2. The van der Waals surface area contributed by atoms with Gasteiger partial charge in [-0.15, -0.1) is 0 Å². The summed E-state index contributed by atoms with van der Waals surface area (Å²) in [4.78, 5) is 23.1. The van der Waals surface area contributed by atoms with Crippen molar-refractivity contribution < 1.29 is 19.1 Å². The smallest absolute Gasteiger partial charge is 0.337 e. The summed E-state index contributed by atoms with van der Waals surface area (Å²) in [5, 5.41) is 0. The molecule has 0 aliphatic heterocycles. The molecule has 0 saturated heterocycles. The maximum atomic E-state index is 11.8. The van der Waals surface area contributed by atoms with Gasteiger partial charge in [-0.1, -0.05) is 33.3 Å². The van der Waals surface area contributed by atoms with Gasteiger partial charge in [0.1, 0.15) is 6.61 Å². The van der Waals surface area contributed by atoms with Gasteiger partial charge >= 0.3 is 11.9 Å². The molecule has 4 heteroatoms. The maximum Gasteiger partial charge on any atom is 0.337 e. The van der Waals surface area contributed by atoms with Crippen molar-refractivity contribution in [1.82, 2.24) is 0 Å². The van der Waals surface area contributed by atoms with E-state index < -0.39 is 5.97 Å². The molecule has 0 unspecified atom stereocenters. The number of esters is 2. The Morgan fingerprint density at radius 1 is 1.17 bits per heavy atom. The summed E-state index contributed by atoms with van der Waals surface area (Å²) in [5.74, 6) is -0.914. The molecule has 0 aliphatic carbocycles. The molecule has 0 aromatic rings. The van der Waals surface area contributed by atoms with E-state index in [-0.39, 0.29) is 24.6 Å². The van der Waals surface area contributed by atoms with Crippen molar-refractivity contribution >= 4 is 11.9 Å². The van der Waals surface area contributed by atoms with Gasteiger partial charge in [-0.25, -0.2) is 4.79 Å². The third kappa shape index (κ3) is 7.09. The second kappa shape index (κ2) is 8.72. The first-order valence-corrected chi connectivity index (χ1v) is 6.45. The largest absolute Gasteiger partial charge is 0.460 e. The van der Waals surface area contributed by atoms with E-state index >= 15 is 0 Å². The normalized spacial score (nSPS) is 11.8. The highest BCUT2D eigenvalue weighted by atomic mass is 16.6. The number of carbonyl (C=O) groups excluding carboxylic acids is 2. The van der Waals surface area contributed by atoms with Crippen molar-refractivity contribution in [2.45, 2.75) is 53.6 Å². The van der Waals surface area contributed by atoms with Crippen LogP contribution < -0.4 is 0 Å². The summed E-state index contributed by atoms with van der Waals surface area (Å²) in [7, 11) is 0. The highest BCUT2D eigenvalue weighted by molar-refractivity contribution is 5.89. The molecule has 0 aromatic carbocycles. The van der Waals surface area contributed by atoms with Gasteiger partial charge in [0, 0.05) is 0 Å². The fourth-order valence-corrected chi connectivity index (χ4v) is 1.13. The van der Waals surface area contributed by atoms with Crippen molar-refractivity contribution in [3.63, 3.8) is 0 Å². The summed E-state index contributed by atoms with van der Waals surface area (Å²) < 4.78 is 10.2. The zero-order valence-electron chi connectivity index (χ0n) is 12.0. The highest BCUT2D eigenvalue weighted by Crippen LogP contribution is 2.07. The van der Waals surface area contributed by atoms with Crippen LogP contribution in [-0.2, 0) is 19.1 Å². The number of unbranched alkanes of at least 4 members (excludes halogenated alkanes) is 1. The third-order valence-electron chi connectivity index (χ3n) is 2.13. The molecular formula is C14H24O4. The van der Waals surface area contributed by atoms with Crippen LogP contribution in [0.25, 0.3) is 0 Å². The molecule has 0 spiro atoms. The summed E-state index contributed by atoms with van der Waals surface area (Å²) in [6.07, 6.45) is 3.29. The molecular weight excluding hydrogens is 232 g/mol. The van der Waals surface area contributed by atoms with Crippen LogP contribution in [0.3, 0.4) is 0 Å². The van der Waals surface area contributed by atoms with Crippen molar-refractivity contribution in [3.05, 3.63) is 11.6 Å². The van der Waals surface area contributed by atoms with E-state index in [1.54, 1.807) is 33.8 Å². The molecule has 18 heavy (non-hydrogen) atoms. The quantitative estimate of drug-likeness (QED) is 0.519. The lowest BCUT2D eigenvalue weighted by Gasteiger charge is -2.12. The molecule has 0 aromatic heterocycles. The van der Waals surface area contributed by atoms with E-state index in [0.29, 0.717) is 5.57 Å². The van der Waals surface area contributed by atoms with E-state index in [0.717, 1.165) is 12.8 Å². The zero-order chi connectivity index (χ0) is 14.1. The van der Waals surface area contributed by atoms with Gasteiger partial charge < -0.3 is 9.47 Å². The summed E-state index contributed by atoms with van der Waals surface area (Å²) in [6.45, 7) is 9.09. The number of hydrogen-bond acceptors (Lipinski definition) is 4. The van der Waals surface area contributed by atoms with Crippen LogP contribution in [-0.4, -0.2) is 24.6 Å². The summed E-state index contributed by atoms with van der Waals surface area (Å²) in [5.41, 5.74) is 0.416. The first-order chi connectivity index (χ1) is 8.38. The molecule has 0 bridgehead atoms. The molecule has 4 nitrogen and oxygen atoms in total. The monoisotopic (exact) mass is 256 g/mol. The Morgan fingerprint density at radius 2 is 1.78 bits per heavy atom. The standard InChI is InChI=1S/C14H24O4/c1-6-7-8-12(14(16)18-11(4)5)9-17-13(15)10(2)3/h8,10-11H,6-7,9H2,1-5H3. The van der Waals surface area contributed by atoms with Crippen molar-refractivity contribution in [3.8, 4) is 0 Å². The minimum atomic E-state index is -0.407. The number of allylic oxidation sites excluding steroid dienone is 1. The molecule has 0 fully saturated rings. The lowest BCUT2D eigenvalue weighted by molar-refractivity contribution is -0.148. The average molecular weight is 256 g/mol. The molecule has 104 valence electrons. The van der Waals surface area contributed by atoms with Crippen LogP contribution in [0.4, 0.5) is 0 Å². The van der Waals surface area contributed by atoms with E-state index in [1.807, 2.05) is 6.92 Å². The Hall–Kier alpha value is -1.32. The number of ether oxygens (including phenoxy) is 2. The molecule has 0 heterocycles. The van der Waals surface area contributed by atoms with Crippen LogP contribution in [0.5, 0.6) is 0 Å². The maximum absolute atomic E-state index is 11.8. The molecule has 0 rings (SSSR count). The van der Waals surface area contributed by atoms with Gasteiger partial charge in [0.25, 0.3) is 0 Å². The Bertz CT molecular complexity index is 303. The lowest BCUT2D eigenvalue weighted by Crippen LogP contribution is -2.20. The SMILES string of the molecule is CCCC=C(COC(=O)C(C)C)C(=O)OC(C)C. The van der Waals surface area contributed by atoms with Crippen molar-refractivity contribution in [1.29, 1.82) is 0 Å². The zero-order valence-corrected chi connectivity index (χ0v) is 12.0. The molecule has 0 saturated carbocycles. The van der Waals surface area contributed by atoms with E-state index in [9.17, 15) is 9.59 Å². The summed E-state index contributed by atoms with van der Waals surface area (Å²) in [6, 6.07) is 0. The number of carbonyl (C=O) groups is 2. The predicted molar refractivity (Wildman–Crippen MR) is 70.0 cm³/mol. The van der Waals surface area contributed by atoms with Crippen LogP contribution in [0.2, 0.25) is 0 Å². The predicted octanol–water partition coefficient (Wildman–Crippen LogP) is 2.86. The second-order valence-electron chi connectivity index (χ2n) is 4.73. The molecule has 0 N–H and O–H groups in total. The number of rotatable bonds is 7. The fourth-order valence-electron chi connectivity index (χ4n) is 1.13. The minimum absolute atomic E-state index is 0.0113.